The molecule has 1 aliphatic heterocycles. The molecule has 1 atom stereocenters. The number of carbonyl (C=O) groups is 1. The van der Waals surface area contributed by atoms with Gasteiger partial charge in [0.05, 0.1) is 5.92 Å². The van der Waals surface area contributed by atoms with Gasteiger partial charge in [0, 0.05) is 42.4 Å². The minimum atomic E-state index is -0.190. The summed E-state index contributed by atoms with van der Waals surface area (Å²) in [5.41, 5.74) is 4.63. The molecule has 0 radical (unpaired) electrons. The maximum atomic E-state index is 12.4. The summed E-state index contributed by atoms with van der Waals surface area (Å²) in [4.78, 5) is 16.7. The third kappa shape index (κ3) is 2.37. The van der Waals surface area contributed by atoms with Crippen LogP contribution >= 0.6 is 0 Å². The van der Waals surface area contributed by atoms with Crippen LogP contribution in [0.4, 0.5) is 5.82 Å². The number of pyridine rings is 1. The Bertz CT molecular complexity index is 1170. The van der Waals surface area contributed by atoms with Gasteiger partial charge < -0.3 is 9.73 Å². The van der Waals surface area contributed by atoms with Crippen LogP contribution in [-0.4, -0.2) is 20.7 Å². The normalized spacial score (nSPS) is 16.4. The molecule has 5 rings (SSSR count). The van der Waals surface area contributed by atoms with Crippen molar-refractivity contribution >= 4 is 22.7 Å². The molecule has 4 aromatic rings. The van der Waals surface area contributed by atoms with Crippen molar-refractivity contribution in [3.8, 4) is 11.3 Å². The number of nitrogens with zero attached hydrogens (tertiary/aromatic N) is 3. The van der Waals surface area contributed by atoms with E-state index < -0.39 is 0 Å². The molecule has 134 valence electrons. The lowest BCUT2D eigenvalue weighted by atomic mass is 9.86. The van der Waals surface area contributed by atoms with Gasteiger partial charge in [0.1, 0.15) is 22.9 Å². The quantitative estimate of drug-likeness (QED) is 0.588. The number of rotatable bonds is 2. The molecule has 0 aliphatic carbocycles. The lowest BCUT2D eigenvalue weighted by Crippen LogP contribution is -2.24. The third-order valence-corrected chi connectivity index (χ3v) is 5.21. The minimum Gasteiger partial charge on any atom is -0.460 e. The first-order chi connectivity index (χ1) is 13.1. The fraction of sp³-hybridized carbons (Fsp3) is 0.190. The van der Waals surface area contributed by atoms with Crippen molar-refractivity contribution in [1.82, 2.24) is 14.8 Å². The van der Waals surface area contributed by atoms with Crippen LogP contribution in [0.5, 0.6) is 0 Å². The summed E-state index contributed by atoms with van der Waals surface area (Å²) in [6.07, 6.45) is 3.86. The number of fused-ring (bicyclic) bond motifs is 2. The zero-order valence-corrected chi connectivity index (χ0v) is 15.1. The highest BCUT2D eigenvalue weighted by Crippen LogP contribution is 2.45. The van der Waals surface area contributed by atoms with Gasteiger partial charge in [-0.1, -0.05) is 18.2 Å². The first-order valence-corrected chi connectivity index (χ1v) is 8.88. The number of nitrogens with one attached hydrogen (secondary N) is 1. The monoisotopic (exact) mass is 358 g/mol. The number of hydrogen-bond acceptors (Lipinski definition) is 4. The van der Waals surface area contributed by atoms with Gasteiger partial charge >= 0.3 is 0 Å². The molecule has 0 saturated carbocycles. The van der Waals surface area contributed by atoms with E-state index in [1.807, 2.05) is 50.4 Å². The number of anilines is 1. The first-order valence-electron chi connectivity index (χ1n) is 8.88. The predicted octanol–water partition coefficient (Wildman–Crippen LogP) is 4.01. The van der Waals surface area contributed by atoms with Gasteiger partial charge in [0.25, 0.3) is 0 Å². The van der Waals surface area contributed by atoms with Crippen LogP contribution in [0.3, 0.4) is 0 Å². The highest BCUT2D eigenvalue weighted by molar-refractivity contribution is 5.96. The molecule has 6 nitrogen and oxygen atoms in total. The summed E-state index contributed by atoms with van der Waals surface area (Å²) in [6.45, 7) is 2.05. The standard InChI is InChI=1S/C21H18N4O2/c1-12-14-7-3-4-8-16(14)27-20(12)15-10-17(26)23-21-18(15)19(24-25(21)2)13-6-5-9-22-11-13/h3-9,11,15H,10H2,1-2H3,(H,23,26)/t15-/m1/s1. The lowest BCUT2D eigenvalue weighted by molar-refractivity contribution is -0.116. The zero-order valence-electron chi connectivity index (χ0n) is 15.1. The highest BCUT2D eigenvalue weighted by atomic mass is 16.3. The number of carbonyl (C=O) groups excluding carboxylic acids is 1. The molecule has 0 saturated heterocycles. The number of para-hydroxylation sites is 1. The number of amides is 1. The molecular formula is C21H18N4O2. The Morgan fingerprint density at radius 3 is 2.85 bits per heavy atom. The largest absolute Gasteiger partial charge is 0.460 e. The van der Waals surface area contributed by atoms with E-state index in [2.05, 4.69) is 15.4 Å². The molecular weight excluding hydrogens is 340 g/mol. The molecule has 6 heteroatoms. The van der Waals surface area contributed by atoms with Gasteiger partial charge in [-0.15, -0.1) is 0 Å². The van der Waals surface area contributed by atoms with Crippen molar-refractivity contribution in [3.63, 3.8) is 0 Å². The van der Waals surface area contributed by atoms with Gasteiger partial charge in [0.2, 0.25) is 5.91 Å². The zero-order chi connectivity index (χ0) is 18.5. The van der Waals surface area contributed by atoms with Crippen molar-refractivity contribution in [3.05, 3.63) is 65.7 Å². The molecule has 1 N–H and O–H groups in total. The summed E-state index contributed by atoms with van der Waals surface area (Å²) in [7, 11) is 1.84. The molecule has 0 spiro atoms. The molecule has 3 aromatic heterocycles. The van der Waals surface area contributed by atoms with E-state index in [4.69, 9.17) is 4.42 Å². The maximum Gasteiger partial charge on any atom is 0.226 e. The van der Waals surface area contributed by atoms with Gasteiger partial charge in [-0.2, -0.15) is 5.10 Å². The average Bonchev–Trinajstić information content (AvgIpc) is 3.20. The Labute approximate surface area is 155 Å². The summed E-state index contributed by atoms with van der Waals surface area (Å²) in [5.74, 6) is 1.32. The van der Waals surface area contributed by atoms with Crippen molar-refractivity contribution in [2.45, 2.75) is 19.3 Å². The van der Waals surface area contributed by atoms with E-state index in [-0.39, 0.29) is 11.8 Å². The molecule has 27 heavy (non-hydrogen) atoms. The molecule has 4 heterocycles. The van der Waals surface area contributed by atoms with Crippen LogP contribution in [0.25, 0.3) is 22.2 Å². The van der Waals surface area contributed by atoms with Crippen LogP contribution in [-0.2, 0) is 11.8 Å². The van der Waals surface area contributed by atoms with E-state index in [1.165, 1.54) is 0 Å². The topological polar surface area (TPSA) is 73.0 Å². The number of benzene rings is 1. The fourth-order valence-corrected chi connectivity index (χ4v) is 3.95. The van der Waals surface area contributed by atoms with E-state index in [0.717, 1.165) is 44.9 Å². The third-order valence-electron chi connectivity index (χ3n) is 5.21. The van der Waals surface area contributed by atoms with Crippen LogP contribution in [0.1, 0.15) is 29.2 Å². The molecule has 0 unspecified atom stereocenters. The number of aromatic nitrogens is 3. The fourth-order valence-electron chi connectivity index (χ4n) is 3.95. The van der Waals surface area contributed by atoms with Gasteiger partial charge in [-0.05, 0) is 30.7 Å². The van der Waals surface area contributed by atoms with Crippen molar-refractivity contribution in [1.29, 1.82) is 0 Å². The molecule has 1 aliphatic rings. The van der Waals surface area contributed by atoms with Crippen molar-refractivity contribution in [2.75, 3.05) is 5.32 Å². The summed E-state index contributed by atoms with van der Waals surface area (Å²) in [5, 5.41) is 8.72. The first kappa shape index (κ1) is 15.8. The van der Waals surface area contributed by atoms with Gasteiger partial charge in [0.15, 0.2) is 0 Å². The second-order valence-corrected chi connectivity index (χ2v) is 6.87. The SMILES string of the molecule is Cc1c([C@@H]2CC(=O)Nc3c2c(-c2cccnc2)nn3C)oc2ccccc12. The van der Waals surface area contributed by atoms with Crippen molar-refractivity contribution in [2.24, 2.45) is 7.05 Å². The molecule has 0 bridgehead atoms. The van der Waals surface area contributed by atoms with Crippen molar-refractivity contribution < 1.29 is 9.21 Å². The summed E-state index contributed by atoms with van der Waals surface area (Å²) in [6, 6.07) is 11.8. The minimum absolute atomic E-state index is 0.0342. The summed E-state index contributed by atoms with van der Waals surface area (Å²) < 4.78 is 7.93. The maximum absolute atomic E-state index is 12.4. The van der Waals surface area contributed by atoms with E-state index in [9.17, 15) is 4.79 Å². The number of hydrogen-bond donors (Lipinski definition) is 1. The van der Waals surface area contributed by atoms with Gasteiger partial charge in [-0.25, -0.2) is 0 Å². The highest BCUT2D eigenvalue weighted by Gasteiger charge is 2.36. The Morgan fingerprint density at radius 2 is 2.07 bits per heavy atom. The molecule has 1 aromatic carbocycles. The Hall–Kier alpha value is -3.41. The predicted molar refractivity (Wildman–Crippen MR) is 102 cm³/mol. The average molecular weight is 358 g/mol. The van der Waals surface area contributed by atoms with Crippen LogP contribution in [0, 0.1) is 6.92 Å². The molecule has 0 fully saturated rings. The van der Waals surface area contributed by atoms with E-state index in [0.29, 0.717) is 6.42 Å². The van der Waals surface area contributed by atoms with E-state index >= 15 is 0 Å². The van der Waals surface area contributed by atoms with E-state index in [1.54, 1.807) is 17.1 Å². The summed E-state index contributed by atoms with van der Waals surface area (Å²) >= 11 is 0. The number of aryl methyl sites for hydroxylation is 2. The Morgan fingerprint density at radius 1 is 1.22 bits per heavy atom. The second-order valence-electron chi connectivity index (χ2n) is 6.87. The van der Waals surface area contributed by atoms with Crippen LogP contribution in [0.15, 0.2) is 53.2 Å². The second kappa shape index (κ2) is 5.81. The smallest absolute Gasteiger partial charge is 0.226 e. The number of furan rings is 1. The lowest BCUT2D eigenvalue weighted by Gasteiger charge is -2.23. The van der Waals surface area contributed by atoms with Crippen LogP contribution < -0.4 is 5.32 Å². The molecule has 1 amide bonds. The Kier molecular flexibility index (Phi) is 3.40. The van der Waals surface area contributed by atoms with Gasteiger partial charge in [-0.3, -0.25) is 14.5 Å². The Balaban J connectivity index is 1.76. The van der Waals surface area contributed by atoms with Crippen LogP contribution in [0.2, 0.25) is 0 Å².